The highest BCUT2D eigenvalue weighted by Gasteiger charge is 2.09. The molecular weight excluding hydrogens is 348 g/mol. The van der Waals surface area contributed by atoms with Crippen molar-refractivity contribution in [3.63, 3.8) is 0 Å². The van der Waals surface area contributed by atoms with Crippen molar-refractivity contribution in [3.8, 4) is 23.3 Å². The van der Waals surface area contributed by atoms with Gasteiger partial charge in [0.2, 0.25) is 17.4 Å². The minimum Gasteiger partial charge on any atom is -0.481 e. The molecular formula is C19H16N4O4. The smallest absolute Gasteiger partial charge is 0.351 e. The molecule has 0 aliphatic heterocycles. The van der Waals surface area contributed by atoms with Crippen LogP contribution in [0.3, 0.4) is 0 Å². The molecule has 0 unspecified atom stereocenters. The molecule has 3 aromatic rings. The molecule has 1 aromatic carbocycles. The molecule has 27 heavy (non-hydrogen) atoms. The maximum absolute atomic E-state index is 11.4. The van der Waals surface area contributed by atoms with Gasteiger partial charge in [0.15, 0.2) is 0 Å². The number of nitrogens with zero attached hydrogens (tertiary/aromatic N) is 3. The second-order valence-electron chi connectivity index (χ2n) is 5.60. The fraction of sp³-hybridized carbons (Fsp3) is 0.158. The molecule has 0 aliphatic carbocycles. The van der Waals surface area contributed by atoms with E-state index in [0.29, 0.717) is 17.2 Å². The van der Waals surface area contributed by atoms with E-state index in [1.165, 1.54) is 13.2 Å². The number of hydrogen-bond acceptors (Lipinski definition) is 6. The summed E-state index contributed by atoms with van der Waals surface area (Å²) in [4.78, 5) is 25.1. The average molecular weight is 364 g/mol. The zero-order chi connectivity index (χ0) is 19.2. The maximum Gasteiger partial charge on any atom is 0.351 e. The predicted octanol–water partition coefficient (Wildman–Crippen LogP) is 3.40. The van der Waals surface area contributed by atoms with Crippen LogP contribution < -0.4 is 19.9 Å². The first kappa shape index (κ1) is 17.9. The number of hydrogen-bond donors (Lipinski definition) is 1. The lowest BCUT2D eigenvalue weighted by atomic mass is 10.2. The molecule has 0 radical (unpaired) electrons. The Morgan fingerprint density at radius 1 is 1.22 bits per heavy atom. The molecule has 0 aliphatic rings. The minimum absolute atomic E-state index is 0.151. The van der Waals surface area contributed by atoms with Crippen molar-refractivity contribution in [2.75, 3.05) is 7.11 Å². The van der Waals surface area contributed by atoms with Crippen molar-refractivity contribution in [1.29, 1.82) is 0 Å². The third-order valence-electron chi connectivity index (χ3n) is 3.52. The Labute approximate surface area is 155 Å². The van der Waals surface area contributed by atoms with Gasteiger partial charge in [-0.2, -0.15) is 4.98 Å². The molecule has 0 amide bonds. The van der Waals surface area contributed by atoms with Gasteiger partial charge in [-0.1, -0.05) is 6.07 Å². The number of aromatic nitrogens is 3. The summed E-state index contributed by atoms with van der Waals surface area (Å²) in [6.45, 7) is 9.44. The molecule has 1 N–H and O–H groups in total. The van der Waals surface area contributed by atoms with E-state index in [2.05, 4.69) is 19.8 Å². The van der Waals surface area contributed by atoms with Crippen LogP contribution in [-0.4, -0.2) is 22.1 Å². The largest absolute Gasteiger partial charge is 0.481 e. The van der Waals surface area contributed by atoms with E-state index in [1.807, 2.05) is 13.0 Å². The lowest BCUT2D eigenvalue weighted by Crippen LogP contribution is -2.12. The number of rotatable bonds is 6. The molecule has 2 aromatic heterocycles. The molecule has 3 rings (SSSR count). The number of aromatic amines is 1. The van der Waals surface area contributed by atoms with E-state index >= 15 is 0 Å². The van der Waals surface area contributed by atoms with Crippen molar-refractivity contribution in [1.82, 2.24) is 15.0 Å². The van der Waals surface area contributed by atoms with Crippen LogP contribution >= 0.6 is 0 Å². The van der Waals surface area contributed by atoms with Gasteiger partial charge in [-0.3, -0.25) is 9.97 Å². The van der Waals surface area contributed by atoms with Crippen LogP contribution in [0, 0.1) is 13.5 Å². The van der Waals surface area contributed by atoms with E-state index < -0.39 is 5.69 Å². The van der Waals surface area contributed by atoms with Crippen LogP contribution in [0.1, 0.15) is 11.1 Å². The van der Waals surface area contributed by atoms with Crippen LogP contribution in [-0.2, 0) is 6.61 Å². The Bertz CT molecular complexity index is 1060. The summed E-state index contributed by atoms with van der Waals surface area (Å²) in [5.74, 6) is 1.37. The molecule has 8 heteroatoms. The molecule has 2 heterocycles. The summed E-state index contributed by atoms with van der Waals surface area (Å²) >= 11 is 0. The molecule has 0 bridgehead atoms. The van der Waals surface area contributed by atoms with Gasteiger partial charge < -0.3 is 14.2 Å². The Morgan fingerprint density at radius 2 is 2.07 bits per heavy atom. The highest BCUT2D eigenvalue weighted by Crippen LogP contribution is 2.33. The van der Waals surface area contributed by atoms with Crippen LogP contribution in [0.2, 0.25) is 0 Å². The van der Waals surface area contributed by atoms with E-state index in [9.17, 15) is 4.79 Å². The van der Waals surface area contributed by atoms with Crippen LogP contribution in [0.4, 0.5) is 5.69 Å². The van der Waals surface area contributed by atoms with Gasteiger partial charge in [0, 0.05) is 6.20 Å². The number of aryl methyl sites for hydroxylation is 1. The first-order chi connectivity index (χ1) is 13.1. The molecule has 8 nitrogen and oxygen atoms in total. The third-order valence-corrected chi connectivity index (χ3v) is 3.52. The highest BCUT2D eigenvalue weighted by atomic mass is 16.5. The first-order valence-electron chi connectivity index (χ1n) is 7.95. The molecule has 0 saturated carbocycles. The predicted molar refractivity (Wildman–Crippen MR) is 97.5 cm³/mol. The quantitative estimate of drug-likeness (QED) is 0.674. The van der Waals surface area contributed by atoms with Crippen molar-refractivity contribution < 1.29 is 14.2 Å². The summed E-state index contributed by atoms with van der Waals surface area (Å²) in [5, 5.41) is 0. The Hall–Kier alpha value is -3.86. The van der Waals surface area contributed by atoms with Gasteiger partial charge in [0.05, 0.1) is 25.9 Å². The van der Waals surface area contributed by atoms with Gasteiger partial charge in [-0.25, -0.2) is 9.64 Å². The summed E-state index contributed by atoms with van der Waals surface area (Å²) in [7, 11) is 1.41. The normalized spacial score (nSPS) is 10.1. The fourth-order valence-electron chi connectivity index (χ4n) is 2.29. The molecule has 0 fully saturated rings. The van der Waals surface area contributed by atoms with Crippen molar-refractivity contribution in [3.05, 3.63) is 75.8 Å². The second-order valence-corrected chi connectivity index (χ2v) is 5.60. The van der Waals surface area contributed by atoms with E-state index in [-0.39, 0.29) is 18.4 Å². The number of H-pyrrole nitrogens is 1. The van der Waals surface area contributed by atoms with E-state index in [1.54, 1.807) is 30.6 Å². The van der Waals surface area contributed by atoms with Crippen LogP contribution in [0.15, 0.2) is 47.5 Å². The van der Waals surface area contributed by atoms with Crippen molar-refractivity contribution in [2.24, 2.45) is 0 Å². The lowest BCUT2D eigenvalue weighted by molar-refractivity contribution is 0.288. The summed E-state index contributed by atoms with van der Waals surface area (Å²) in [6.07, 6.45) is 3.31. The Balaban J connectivity index is 1.75. The Kier molecular flexibility index (Phi) is 5.33. The summed E-state index contributed by atoms with van der Waals surface area (Å²) < 4.78 is 16.2. The van der Waals surface area contributed by atoms with E-state index in [0.717, 1.165) is 11.1 Å². The van der Waals surface area contributed by atoms with Gasteiger partial charge in [0.1, 0.15) is 18.1 Å². The third kappa shape index (κ3) is 4.61. The fourth-order valence-corrected chi connectivity index (χ4v) is 2.29. The first-order valence-corrected chi connectivity index (χ1v) is 7.95. The van der Waals surface area contributed by atoms with E-state index in [4.69, 9.17) is 20.8 Å². The van der Waals surface area contributed by atoms with Gasteiger partial charge in [0.25, 0.3) is 0 Å². The summed E-state index contributed by atoms with van der Waals surface area (Å²) in [5.41, 5.74) is 1.48. The number of benzene rings is 1. The standard InChI is InChI=1S/C19H16N4O4/c1-12-6-14(10-21-9-12)27-16-5-4-13(7-15(16)20-2)11-26-18-8-17(25-3)22-19(24)23-18/h4-10H,11H2,1,3H3,(H,22,23,24). The monoisotopic (exact) mass is 364 g/mol. The molecule has 136 valence electrons. The molecule has 0 spiro atoms. The number of methoxy groups -OCH3 is 1. The second kappa shape index (κ2) is 8.01. The van der Waals surface area contributed by atoms with Gasteiger partial charge in [-0.15, -0.1) is 0 Å². The van der Waals surface area contributed by atoms with Gasteiger partial charge in [-0.05, 0) is 36.2 Å². The number of ether oxygens (including phenoxy) is 3. The number of nitrogens with one attached hydrogen (secondary N) is 1. The zero-order valence-corrected chi connectivity index (χ0v) is 14.7. The van der Waals surface area contributed by atoms with Crippen molar-refractivity contribution in [2.45, 2.75) is 13.5 Å². The van der Waals surface area contributed by atoms with Crippen molar-refractivity contribution >= 4 is 5.69 Å². The number of pyridine rings is 1. The van der Waals surface area contributed by atoms with Crippen LogP contribution in [0.5, 0.6) is 23.3 Å². The average Bonchev–Trinajstić information content (AvgIpc) is 2.66. The molecule has 0 saturated heterocycles. The summed E-state index contributed by atoms with van der Waals surface area (Å²) in [6, 6.07) is 8.46. The zero-order valence-electron chi connectivity index (χ0n) is 14.7. The SMILES string of the molecule is [C-]#[N+]c1cc(COc2cc(OC)nc(=O)[nH]2)ccc1Oc1cncc(C)c1. The topological polar surface area (TPSA) is 90.7 Å². The minimum atomic E-state index is -0.568. The Morgan fingerprint density at radius 3 is 2.81 bits per heavy atom. The highest BCUT2D eigenvalue weighted by molar-refractivity contribution is 5.60. The maximum atomic E-state index is 11.4. The van der Waals surface area contributed by atoms with Crippen LogP contribution in [0.25, 0.3) is 4.85 Å². The molecule has 0 atom stereocenters. The van der Waals surface area contributed by atoms with Gasteiger partial charge >= 0.3 is 5.69 Å². The lowest BCUT2D eigenvalue weighted by Gasteiger charge is -2.10.